The molecule has 11 nitrogen and oxygen atoms in total. The van der Waals surface area contributed by atoms with Gasteiger partial charge < -0.3 is 24.4 Å². The number of pyridine rings is 1. The predicted octanol–water partition coefficient (Wildman–Crippen LogP) is 3.24. The first-order valence-corrected chi connectivity index (χ1v) is 14.9. The summed E-state index contributed by atoms with van der Waals surface area (Å²) in [6, 6.07) is 9.14. The summed E-state index contributed by atoms with van der Waals surface area (Å²) in [4.78, 5) is 34.1. The van der Waals surface area contributed by atoms with E-state index in [2.05, 4.69) is 20.6 Å². The SMILES string of the molecule is COc1c(Cl)cccc1Nn1c(-c2ccncc2OC[C@H]2CCN2C(=O)/C=C/CN2CCOCC2)cc2c1CCNC2=O. The summed E-state index contributed by atoms with van der Waals surface area (Å²) in [6.45, 7) is 5.51. The zero-order valence-electron chi connectivity index (χ0n) is 24.1. The maximum atomic E-state index is 12.9. The van der Waals surface area contributed by atoms with E-state index >= 15 is 0 Å². The van der Waals surface area contributed by atoms with Crippen LogP contribution in [0.5, 0.6) is 11.5 Å². The van der Waals surface area contributed by atoms with Gasteiger partial charge in [0, 0.05) is 57.0 Å². The minimum atomic E-state index is -0.136. The van der Waals surface area contributed by atoms with Gasteiger partial charge in [-0.1, -0.05) is 23.7 Å². The van der Waals surface area contributed by atoms with Crippen molar-refractivity contribution in [1.82, 2.24) is 24.8 Å². The molecule has 0 aliphatic carbocycles. The number of halogens is 1. The van der Waals surface area contributed by atoms with Gasteiger partial charge in [-0.25, -0.2) is 0 Å². The van der Waals surface area contributed by atoms with Crippen LogP contribution in [-0.2, 0) is 16.0 Å². The number of hydrogen-bond donors (Lipinski definition) is 2. The Balaban J connectivity index is 1.21. The van der Waals surface area contributed by atoms with Crippen molar-refractivity contribution in [2.24, 2.45) is 0 Å². The number of anilines is 1. The molecule has 2 fully saturated rings. The molecule has 2 amide bonds. The van der Waals surface area contributed by atoms with E-state index < -0.39 is 0 Å². The van der Waals surface area contributed by atoms with Crippen LogP contribution in [0.2, 0.25) is 5.02 Å². The molecule has 0 spiro atoms. The molecule has 5 heterocycles. The number of morpholine rings is 1. The molecule has 226 valence electrons. The van der Waals surface area contributed by atoms with Gasteiger partial charge in [-0.15, -0.1) is 0 Å². The molecule has 2 saturated heterocycles. The molecule has 0 radical (unpaired) electrons. The average molecular weight is 607 g/mol. The van der Waals surface area contributed by atoms with Crippen LogP contribution < -0.4 is 20.2 Å². The third kappa shape index (κ3) is 6.20. The number of benzene rings is 1. The normalized spacial score (nSPS) is 18.6. The number of nitrogens with zero attached hydrogens (tertiary/aromatic N) is 4. The fourth-order valence-corrected chi connectivity index (χ4v) is 5.86. The Hall–Kier alpha value is -4.06. The molecule has 1 atom stereocenters. The second kappa shape index (κ2) is 13.1. The van der Waals surface area contributed by atoms with Gasteiger partial charge in [0.15, 0.2) is 5.75 Å². The van der Waals surface area contributed by atoms with Crippen LogP contribution in [0.25, 0.3) is 11.3 Å². The van der Waals surface area contributed by atoms with E-state index in [4.69, 9.17) is 25.8 Å². The van der Waals surface area contributed by atoms with E-state index in [1.165, 1.54) is 0 Å². The number of rotatable bonds is 10. The number of hydrogen-bond acceptors (Lipinski definition) is 8. The summed E-state index contributed by atoms with van der Waals surface area (Å²) in [5.74, 6) is 0.911. The van der Waals surface area contributed by atoms with Crippen LogP contribution in [0.4, 0.5) is 5.69 Å². The molecule has 6 rings (SSSR count). The van der Waals surface area contributed by atoms with E-state index in [1.54, 1.807) is 31.6 Å². The number of para-hydroxylation sites is 1. The lowest BCUT2D eigenvalue weighted by Gasteiger charge is -2.40. The zero-order valence-corrected chi connectivity index (χ0v) is 24.8. The van der Waals surface area contributed by atoms with Gasteiger partial charge in [0.2, 0.25) is 5.91 Å². The topological polar surface area (TPSA) is 110 Å². The molecule has 12 heteroatoms. The van der Waals surface area contributed by atoms with Crippen LogP contribution in [0.1, 0.15) is 22.5 Å². The van der Waals surface area contributed by atoms with Crippen molar-refractivity contribution in [1.29, 1.82) is 0 Å². The Labute approximate surface area is 255 Å². The summed E-state index contributed by atoms with van der Waals surface area (Å²) in [5.41, 5.74) is 6.98. The number of carbonyl (C=O) groups excluding carboxylic acids is 2. The van der Waals surface area contributed by atoms with Gasteiger partial charge in [0.25, 0.3) is 5.91 Å². The van der Waals surface area contributed by atoms with Gasteiger partial charge in [0.05, 0.1) is 60.2 Å². The maximum Gasteiger partial charge on any atom is 0.253 e. The molecule has 3 aromatic rings. The first-order valence-electron chi connectivity index (χ1n) is 14.5. The Morgan fingerprint density at radius 3 is 2.88 bits per heavy atom. The Morgan fingerprint density at radius 1 is 1.23 bits per heavy atom. The maximum absolute atomic E-state index is 12.9. The fourth-order valence-electron chi connectivity index (χ4n) is 5.61. The smallest absolute Gasteiger partial charge is 0.253 e. The first-order chi connectivity index (χ1) is 21.0. The Bertz CT molecular complexity index is 1520. The van der Waals surface area contributed by atoms with Crippen LogP contribution in [0, 0.1) is 0 Å². The average Bonchev–Trinajstić information content (AvgIpc) is 3.37. The highest BCUT2D eigenvalue weighted by Crippen LogP contribution is 2.37. The molecule has 0 bridgehead atoms. The Kier molecular flexibility index (Phi) is 8.82. The number of nitrogens with one attached hydrogen (secondary N) is 2. The highest BCUT2D eigenvalue weighted by Gasteiger charge is 2.32. The minimum Gasteiger partial charge on any atom is -0.493 e. The van der Waals surface area contributed by atoms with Crippen molar-refractivity contribution in [3.05, 3.63) is 71.2 Å². The molecule has 2 aromatic heterocycles. The number of methoxy groups -OCH3 is 1. The van der Waals surface area contributed by atoms with E-state index in [0.29, 0.717) is 53.9 Å². The number of aromatic nitrogens is 2. The van der Waals surface area contributed by atoms with Crippen molar-refractivity contribution in [2.45, 2.75) is 18.9 Å². The van der Waals surface area contributed by atoms with Gasteiger partial charge in [0.1, 0.15) is 12.4 Å². The monoisotopic (exact) mass is 606 g/mol. The van der Waals surface area contributed by atoms with E-state index in [0.717, 1.165) is 56.2 Å². The van der Waals surface area contributed by atoms with Crippen molar-refractivity contribution < 1.29 is 23.8 Å². The van der Waals surface area contributed by atoms with Gasteiger partial charge in [-0.3, -0.25) is 29.6 Å². The largest absolute Gasteiger partial charge is 0.493 e. The van der Waals surface area contributed by atoms with Crippen molar-refractivity contribution in [3.63, 3.8) is 0 Å². The highest BCUT2D eigenvalue weighted by atomic mass is 35.5. The standard InChI is InChI=1S/C31H35ClN6O5/c1-41-30-24(32)4-2-5-25(30)35-38-26-8-11-34-31(40)23(26)18-27(38)22-7-10-33-19-28(22)43-20-21-9-13-37(21)29(39)6-3-12-36-14-16-42-17-15-36/h2-7,10,18-19,21,35H,8-9,11-17,20H2,1H3,(H,34,40)/b6-3+/t21-/m1/s1. The molecule has 3 aliphatic heterocycles. The molecule has 1 aromatic carbocycles. The lowest BCUT2D eigenvalue weighted by Crippen LogP contribution is -2.53. The second-order valence-electron chi connectivity index (χ2n) is 10.6. The summed E-state index contributed by atoms with van der Waals surface area (Å²) in [6.07, 6.45) is 8.44. The van der Waals surface area contributed by atoms with Gasteiger partial charge in [-0.05, 0) is 30.7 Å². The molecule has 2 N–H and O–H groups in total. The van der Waals surface area contributed by atoms with Gasteiger partial charge >= 0.3 is 0 Å². The number of amides is 2. The van der Waals surface area contributed by atoms with E-state index in [-0.39, 0.29) is 17.9 Å². The number of likely N-dealkylation sites (tertiary alicyclic amines) is 1. The van der Waals surface area contributed by atoms with E-state index in [9.17, 15) is 9.59 Å². The minimum absolute atomic E-state index is 0.00764. The van der Waals surface area contributed by atoms with E-state index in [1.807, 2.05) is 39.9 Å². The third-order valence-corrected chi connectivity index (χ3v) is 8.34. The zero-order chi connectivity index (χ0) is 29.8. The molecule has 43 heavy (non-hydrogen) atoms. The summed E-state index contributed by atoms with van der Waals surface area (Å²) in [7, 11) is 1.56. The second-order valence-corrected chi connectivity index (χ2v) is 11.0. The molecular formula is C31H35ClN6O5. The number of fused-ring (bicyclic) bond motifs is 1. The van der Waals surface area contributed by atoms with Crippen LogP contribution in [-0.4, -0.2) is 97.0 Å². The third-order valence-electron chi connectivity index (χ3n) is 8.04. The lowest BCUT2D eigenvalue weighted by molar-refractivity contribution is -0.134. The summed E-state index contributed by atoms with van der Waals surface area (Å²) in [5, 5.41) is 3.39. The van der Waals surface area contributed by atoms with Crippen LogP contribution in [0.3, 0.4) is 0 Å². The van der Waals surface area contributed by atoms with Gasteiger partial charge in [-0.2, -0.15) is 0 Å². The Morgan fingerprint density at radius 2 is 2.09 bits per heavy atom. The first kappa shape index (κ1) is 29.0. The quantitative estimate of drug-likeness (QED) is 0.339. The summed E-state index contributed by atoms with van der Waals surface area (Å²) < 4.78 is 19.2. The lowest BCUT2D eigenvalue weighted by atomic mass is 10.0. The predicted molar refractivity (Wildman–Crippen MR) is 163 cm³/mol. The summed E-state index contributed by atoms with van der Waals surface area (Å²) >= 11 is 6.40. The van der Waals surface area contributed by atoms with Crippen molar-refractivity contribution in [3.8, 4) is 22.8 Å². The van der Waals surface area contributed by atoms with Crippen molar-refractivity contribution >= 4 is 29.1 Å². The number of ether oxygens (including phenoxy) is 3. The van der Waals surface area contributed by atoms with Crippen molar-refractivity contribution in [2.75, 3.05) is 65.1 Å². The fraction of sp³-hybridized carbons (Fsp3) is 0.387. The van der Waals surface area contributed by atoms with Crippen LogP contribution >= 0.6 is 11.6 Å². The molecular weight excluding hydrogens is 572 g/mol. The molecule has 3 aliphatic rings. The van der Waals surface area contributed by atoms with Crippen LogP contribution in [0.15, 0.2) is 54.9 Å². The molecule has 0 saturated carbocycles. The number of carbonyl (C=O) groups is 2. The molecule has 0 unspecified atom stereocenters. The highest BCUT2D eigenvalue weighted by molar-refractivity contribution is 6.32.